The fraction of sp³-hybridized carbons (Fsp3) is 0.222. The van der Waals surface area contributed by atoms with E-state index in [0.29, 0.717) is 20.9 Å². The first-order chi connectivity index (χ1) is 6.16. The fourth-order valence-corrected chi connectivity index (χ4v) is 1.82. The second-order valence-corrected chi connectivity index (χ2v) is 4.45. The van der Waals surface area contributed by atoms with Crippen LogP contribution in [0.4, 0.5) is 0 Å². The maximum Gasteiger partial charge on any atom is 0.167 e. The highest BCUT2D eigenvalue weighted by atomic mass is 127. The van der Waals surface area contributed by atoms with Gasteiger partial charge in [-0.05, 0) is 34.7 Å². The van der Waals surface area contributed by atoms with E-state index in [9.17, 15) is 9.90 Å². The third kappa shape index (κ3) is 2.67. The first-order valence-corrected chi connectivity index (χ1v) is 5.93. The zero-order valence-corrected chi connectivity index (χ0v) is 10.5. The Labute approximate surface area is 98.6 Å². The summed E-state index contributed by atoms with van der Waals surface area (Å²) in [6.07, 6.45) is 0.410. The molecule has 1 rings (SSSR count). The van der Waals surface area contributed by atoms with Gasteiger partial charge >= 0.3 is 0 Å². The lowest BCUT2D eigenvalue weighted by Crippen LogP contribution is -2.00. The van der Waals surface area contributed by atoms with Gasteiger partial charge in [-0.2, -0.15) is 0 Å². The van der Waals surface area contributed by atoms with Gasteiger partial charge < -0.3 is 5.11 Å². The highest BCUT2D eigenvalue weighted by Crippen LogP contribution is 2.24. The number of hydrogen-bond acceptors (Lipinski definition) is 2. The van der Waals surface area contributed by atoms with Crippen molar-refractivity contribution < 1.29 is 9.90 Å². The number of phenols is 1. The minimum absolute atomic E-state index is 0.0344. The lowest BCUT2D eigenvalue weighted by molar-refractivity contribution is 0.0987. The molecular formula is C9H8BrIO2. The first kappa shape index (κ1) is 11.0. The van der Waals surface area contributed by atoms with E-state index in [1.165, 1.54) is 0 Å². The number of ketones is 1. The summed E-state index contributed by atoms with van der Waals surface area (Å²) >= 11 is 5.18. The zero-order chi connectivity index (χ0) is 9.84. The summed E-state index contributed by atoms with van der Waals surface area (Å²) in [4.78, 5) is 11.4. The number of halogens is 2. The summed E-state index contributed by atoms with van der Waals surface area (Å²) in [5.41, 5.74) is 0.409. The van der Waals surface area contributed by atoms with Gasteiger partial charge in [0.15, 0.2) is 5.78 Å². The monoisotopic (exact) mass is 354 g/mol. The van der Waals surface area contributed by atoms with E-state index in [0.717, 1.165) is 0 Å². The predicted molar refractivity (Wildman–Crippen MR) is 63.6 cm³/mol. The molecule has 0 atom stereocenters. The summed E-state index contributed by atoms with van der Waals surface area (Å²) in [7, 11) is 0. The lowest BCUT2D eigenvalue weighted by Gasteiger charge is -2.03. The molecule has 0 radical (unpaired) electrons. The number of rotatable bonds is 3. The topological polar surface area (TPSA) is 37.3 Å². The van der Waals surface area contributed by atoms with Crippen LogP contribution in [0.25, 0.3) is 0 Å². The van der Waals surface area contributed by atoms with Crippen molar-refractivity contribution in [2.75, 3.05) is 5.33 Å². The van der Waals surface area contributed by atoms with E-state index < -0.39 is 0 Å². The van der Waals surface area contributed by atoms with E-state index in [2.05, 4.69) is 15.9 Å². The van der Waals surface area contributed by atoms with Gasteiger partial charge in [0.1, 0.15) is 5.75 Å². The molecule has 0 bridgehead atoms. The summed E-state index contributed by atoms with van der Waals surface area (Å²) in [5.74, 6) is 0.0574. The van der Waals surface area contributed by atoms with Crippen LogP contribution in [-0.2, 0) is 0 Å². The molecule has 1 N–H and O–H groups in total. The van der Waals surface area contributed by atoms with Crippen LogP contribution in [0.5, 0.6) is 5.75 Å². The Balaban J connectivity index is 3.01. The van der Waals surface area contributed by atoms with Gasteiger partial charge in [-0.1, -0.05) is 22.0 Å². The number of para-hydroxylation sites is 1. The number of aromatic hydroxyl groups is 1. The Morgan fingerprint density at radius 2 is 2.23 bits per heavy atom. The van der Waals surface area contributed by atoms with Crippen molar-refractivity contribution in [2.24, 2.45) is 0 Å². The van der Waals surface area contributed by atoms with Crippen molar-refractivity contribution in [1.29, 1.82) is 0 Å². The largest absolute Gasteiger partial charge is 0.506 e. The molecule has 2 nitrogen and oxygen atoms in total. The standard InChI is InChI=1S/C9H8BrIO2/c10-5-4-8(12)6-2-1-3-7(11)9(6)13/h1-3,13H,4-5H2. The molecule has 0 heterocycles. The highest BCUT2D eigenvalue weighted by molar-refractivity contribution is 14.1. The van der Waals surface area contributed by atoms with Gasteiger partial charge in [0.25, 0.3) is 0 Å². The van der Waals surface area contributed by atoms with Crippen molar-refractivity contribution in [1.82, 2.24) is 0 Å². The molecule has 1 aromatic carbocycles. The van der Waals surface area contributed by atoms with Crippen LogP contribution in [0, 0.1) is 3.57 Å². The Kier molecular flexibility index (Phi) is 4.18. The van der Waals surface area contributed by atoms with Crippen LogP contribution < -0.4 is 0 Å². The van der Waals surface area contributed by atoms with Crippen LogP contribution in [0.1, 0.15) is 16.8 Å². The van der Waals surface area contributed by atoms with Crippen LogP contribution in [0.15, 0.2) is 18.2 Å². The molecule has 0 aliphatic heterocycles. The van der Waals surface area contributed by atoms with Crippen LogP contribution in [-0.4, -0.2) is 16.2 Å². The van der Waals surface area contributed by atoms with Crippen molar-refractivity contribution in [2.45, 2.75) is 6.42 Å². The minimum atomic E-state index is -0.0344. The third-order valence-corrected chi connectivity index (χ3v) is 2.88. The second-order valence-electron chi connectivity index (χ2n) is 2.50. The SMILES string of the molecule is O=C(CCBr)c1cccc(I)c1O. The lowest BCUT2D eigenvalue weighted by atomic mass is 10.1. The van der Waals surface area contributed by atoms with E-state index in [4.69, 9.17) is 0 Å². The molecule has 0 fully saturated rings. The average Bonchev–Trinajstić information content (AvgIpc) is 2.10. The van der Waals surface area contributed by atoms with Gasteiger partial charge in [-0.25, -0.2) is 0 Å². The van der Waals surface area contributed by atoms with Crippen molar-refractivity contribution in [3.8, 4) is 5.75 Å². The molecule has 0 spiro atoms. The minimum Gasteiger partial charge on any atom is -0.506 e. The maximum absolute atomic E-state index is 11.4. The summed E-state index contributed by atoms with van der Waals surface area (Å²) in [5, 5.41) is 10.2. The highest BCUT2D eigenvalue weighted by Gasteiger charge is 2.11. The smallest absolute Gasteiger partial charge is 0.167 e. The van der Waals surface area contributed by atoms with Gasteiger partial charge in [-0.3, -0.25) is 4.79 Å². The maximum atomic E-state index is 11.4. The number of alkyl halides is 1. The molecule has 13 heavy (non-hydrogen) atoms. The molecule has 70 valence electrons. The third-order valence-electron chi connectivity index (χ3n) is 1.61. The number of benzene rings is 1. The average molecular weight is 355 g/mol. The number of carbonyl (C=O) groups is 1. The zero-order valence-electron chi connectivity index (χ0n) is 6.76. The van der Waals surface area contributed by atoms with Gasteiger partial charge in [0.2, 0.25) is 0 Å². The van der Waals surface area contributed by atoms with Crippen molar-refractivity contribution in [3.63, 3.8) is 0 Å². The molecule has 1 aromatic rings. The fourth-order valence-electron chi connectivity index (χ4n) is 0.961. The molecule has 0 saturated heterocycles. The molecule has 0 saturated carbocycles. The second kappa shape index (κ2) is 4.95. The number of carbonyl (C=O) groups excluding carboxylic acids is 1. The van der Waals surface area contributed by atoms with E-state index in [-0.39, 0.29) is 11.5 Å². The first-order valence-electron chi connectivity index (χ1n) is 3.73. The Morgan fingerprint density at radius 1 is 1.54 bits per heavy atom. The summed E-state index contributed by atoms with van der Waals surface area (Å²) < 4.78 is 0.707. The van der Waals surface area contributed by atoms with Crippen LogP contribution in [0.2, 0.25) is 0 Å². The summed E-state index contributed by atoms with van der Waals surface area (Å²) in [6, 6.07) is 5.17. The molecule has 0 aromatic heterocycles. The van der Waals surface area contributed by atoms with E-state index >= 15 is 0 Å². The van der Waals surface area contributed by atoms with Gasteiger partial charge in [-0.15, -0.1) is 0 Å². The van der Waals surface area contributed by atoms with Crippen molar-refractivity contribution >= 4 is 44.3 Å². The Bertz CT molecular complexity index is 325. The van der Waals surface area contributed by atoms with Crippen molar-refractivity contribution in [3.05, 3.63) is 27.3 Å². The molecule has 0 amide bonds. The normalized spacial score (nSPS) is 10.0. The van der Waals surface area contributed by atoms with Crippen LogP contribution in [0.3, 0.4) is 0 Å². The molecule has 0 aliphatic carbocycles. The molecule has 0 aliphatic rings. The Morgan fingerprint density at radius 3 is 2.85 bits per heavy atom. The number of phenolic OH excluding ortho intramolecular Hbond substituents is 1. The predicted octanol–water partition coefficient (Wildman–Crippen LogP) is 2.96. The molecular weight excluding hydrogens is 347 g/mol. The van der Waals surface area contributed by atoms with Gasteiger partial charge in [0, 0.05) is 11.8 Å². The number of Topliss-reactive ketones (excluding diaryl/α,β-unsaturated/α-hetero) is 1. The summed E-state index contributed by atoms with van der Waals surface area (Å²) in [6.45, 7) is 0. The quantitative estimate of drug-likeness (QED) is 0.514. The molecule has 0 unspecified atom stereocenters. The van der Waals surface area contributed by atoms with Gasteiger partial charge in [0.05, 0.1) is 9.13 Å². The van der Waals surface area contributed by atoms with Crippen LogP contribution >= 0.6 is 38.5 Å². The molecule has 4 heteroatoms. The van der Waals surface area contributed by atoms with E-state index in [1.54, 1.807) is 18.2 Å². The Hall–Kier alpha value is -0.100. The number of hydrogen-bond donors (Lipinski definition) is 1. The van der Waals surface area contributed by atoms with E-state index in [1.807, 2.05) is 22.6 Å².